The van der Waals surface area contributed by atoms with Crippen LogP contribution in [0.25, 0.3) is 5.65 Å². The zero-order valence-corrected chi connectivity index (χ0v) is 11.3. The summed E-state index contributed by atoms with van der Waals surface area (Å²) in [6, 6.07) is 4.17. The Balaban J connectivity index is 1.70. The molecule has 2 aromatic rings. The summed E-state index contributed by atoms with van der Waals surface area (Å²) >= 11 is 0. The van der Waals surface area contributed by atoms with Gasteiger partial charge in [-0.15, -0.1) is 10.2 Å². The van der Waals surface area contributed by atoms with E-state index in [1.165, 1.54) is 18.5 Å². The van der Waals surface area contributed by atoms with Gasteiger partial charge in [0.1, 0.15) is 0 Å². The number of aromatic nitrogens is 4. The standard InChI is InChI=1S/C14H19N5/c1-18-8-6-11(7-9-18)14-16-15-13-5-4-12(10-2-3-10)17-19(13)14/h4-5,10-11H,2-3,6-9H2,1H3. The number of hydrogen-bond acceptors (Lipinski definition) is 4. The highest BCUT2D eigenvalue weighted by molar-refractivity contribution is 5.38. The van der Waals surface area contributed by atoms with Crippen LogP contribution in [0.3, 0.4) is 0 Å². The second kappa shape index (κ2) is 4.27. The molecule has 0 spiro atoms. The van der Waals surface area contributed by atoms with Gasteiger partial charge in [0.15, 0.2) is 11.5 Å². The Morgan fingerprint density at radius 3 is 2.53 bits per heavy atom. The lowest BCUT2D eigenvalue weighted by atomic mass is 9.96. The summed E-state index contributed by atoms with van der Waals surface area (Å²) in [6.07, 6.45) is 4.88. The number of hydrogen-bond donors (Lipinski definition) is 0. The predicted octanol–water partition coefficient (Wildman–Crippen LogP) is 1.81. The van der Waals surface area contributed by atoms with Crippen LogP contribution in [0, 0.1) is 0 Å². The topological polar surface area (TPSA) is 46.3 Å². The molecule has 2 aromatic heterocycles. The lowest BCUT2D eigenvalue weighted by molar-refractivity contribution is 0.250. The van der Waals surface area contributed by atoms with Crippen LogP contribution >= 0.6 is 0 Å². The van der Waals surface area contributed by atoms with Crippen LogP contribution in [0.15, 0.2) is 12.1 Å². The SMILES string of the molecule is CN1CCC(c2nnc3ccc(C4CC4)nn23)CC1. The second-order valence-electron chi connectivity index (χ2n) is 5.94. The fourth-order valence-corrected chi connectivity index (χ4v) is 2.94. The molecule has 1 saturated carbocycles. The maximum absolute atomic E-state index is 4.77. The third-order valence-electron chi connectivity index (χ3n) is 4.39. The molecule has 0 N–H and O–H groups in total. The van der Waals surface area contributed by atoms with Crippen LogP contribution in [0.4, 0.5) is 0 Å². The van der Waals surface area contributed by atoms with Crippen molar-refractivity contribution in [3.05, 3.63) is 23.7 Å². The van der Waals surface area contributed by atoms with Gasteiger partial charge in [0.05, 0.1) is 5.69 Å². The molecule has 5 heteroatoms. The Bertz CT molecular complexity index is 593. The Morgan fingerprint density at radius 1 is 1.00 bits per heavy atom. The van der Waals surface area contributed by atoms with Crippen molar-refractivity contribution in [2.24, 2.45) is 0 Å². The Hall–Kier alpha value is -1.49. The first-order chi connectivity index (χ1) is 9.31. The molecule has 4 rings (SSSR count). The van der Waals surface area contributed by atoms with Crippen LogP contribution in [-0.2, 0) is 0 Å². The van der Waals surface area contributed by atoms with E-state index in [2.05, 4.69) is 34.3 Å². The number of likely N-dealkylation sites (tertiary alicyclic amines) is 1. The Labute approximate surface area is 112 Å². The zero-order valence-electron chi connectivity index (χ0n) is 11.3. The van der Waals surface area contributed by atoms with E-state index in [4.69, 9.17) is 5.10 Å². The molecule has 5 nitrogen and oxygen atoms in total. The first-order valence-corrected chi connectivity index (χ1v) is 7.22. The maximum atomic E-state index is 4.77. The molecule has 0 atom stereocenters. The molecule has 0 aromatic carbocycles. The maximum Gasteiger partial charge on any atom is 0.177 e. The van der Waals surface area contributed by atoms with Crippen LogP contribution in [-0.4, -0.2) is 44.8 Å². The van der Waals surface area contributed by atoms with Gasteiger partial charge >= 0.3 is 0 Å². The van der Waals surface area contributed by atoms with Gasteiger partial charge in [-0.25, -0.2) is 0 Å². The van der Waals surface area contributed by atoms with Crippen LogP contribution in [0.5, 0.6) is 0 Å². The van der Waals surface area contributed by atoms with E-state index < -0.39 is 0 Å². The van der Waals surface area contributed by atoms with E-state index in [1.54, 1.807) is 0 Å². The van der Waals surface area contributed by atoms with Crippen molar-refractivity contribution < 1.29 is 0 Å². The molecule has 1 aliphatic heterocycles. The third kappa shape index (κ3) is 2.02. The smallest absolute Gasteiger partial charge is 0.177 e. The molecule has 0 amide bonds. The van der Waals surface area contributed by atoms with Crippen LogP contribution < -0.4 is 0 Å². The van der Waals surface area contributed by atoms with E-state index in [9.17, 15) is 0 Å². The molecule has 1 aliphatic carbocycles. The number of fused-ring (bicyclic) bond motifs is 1. The molecule has 0 radical (unpaired) electrons. The van der Waals surface area contributed by atoms with Gasteiger partial charge in [-0.05, 0) is 58.0 Å². The summed E-state index contributed by atoms with van der Waals surface area (Å²) in [4.78, 5) is 2.38. The van der Waals surface area contributed by atoms with Gasteiger partial charge in [0.2, 0.25) is 0 Å². The summed E-state index contributed by atoms with van der Waals surface area (Å²) in [7, 11) is 2.18. The Morgan fingerprint density at radius 2 is 1.79 bits per heavy atom. The van der Waals surface area contributed by atoms with E-state index in [0.717, 1.165) is 37.4 Å². The van der Waals surface area contributed by atoms with Crippen LogP contribution in [0.1, 0.15) is 49.0 Å². The lowest BCUT2D eigenvalue weighted by Gasteiger charge is -2.27. The molecule has 2 fully saturated rings. The van der Waals surface area contributed by atoms with E-state index in [-0.39, 0.29) is 0 Å². The summed E-state index contributed by atoms with van der Waals surface area (Å²) in [5.74, 6) is 2.25. The largest absolute Gasteiger partial charge is 0.306 e. The van der Waals surface area contributed by atoms with Gasteiger partial charge in [0.25, 0.3) is 0 Å². The quantitative estimate of drug-likeness (QED) is 0.823. The molecule has 1 saturated heterocycles. The van der Waals surface area contributed by atoms with Crippen LogP contribution in [0.2, 0.25) is 0 Å². The normalized spacial score (nSPS) is 22.2. The van der Waals surface area contributed by atoms with Crippen molar-refractivity contribution in [1.29, 1.82) is 0 Å². The van der Waals surface area contributed by atoms with Gasteiger partial charge in [0, 0.05) is 11.8 Å². The minimum atomic E-state index is 0.508. The third-order valence-corrected chi connectivity index (χ3v) is 4.39. The number of rotatable bonds is 2. The summed E-state index contributed by atoms with van der Waals surface area (Å²) < 4.78 is 1.99. The van der Waals surface area contributed by atoms with Crippen molar-refractivity contribution in [2.75, 3.05) is 20.1 Å². The first-order valence-electron chi connectivity index (χ1n) is 7.22. The Kier molecular flexibility index (Phi) is 2.55. The highest BCUT2D eigenvalue weighted by atomic mass is 15.4. The summed E-state index contributed by atoms with van der Waals surface area (Å²) in [6.45, 7) is 2.28. The number of nitrogens with zero attached hydrogens (tertiary/aromatic N) is 5. The lowest BCUT2D eigenvalue weighted by Crippen LogP contribution is -2.30. The molecular weight excluding hydrogens is 238 g/mol. The van der Waals surface area contributed by atoms with Crippen molar-refractivity contribution >= 4 is 5.65 Å². The number of piperidine rings is 1. The average Bonchev–Trinajstić information content (AvgIpc) is 3.20. The molecule has 3 heterocycles. The summed E-state index contributed by atoms with van der Waals surface area (Å²) in [5, 5.41) is 13.4. The van der Waals surface area contributed by atoms with Crippen molar-refractivity contribution in [3.8, 4) is 0 Å². The molecule has 2 aliphatic rings. The average molecular weight is 257 g/mol. The van der Waals surface area contributed by atoms with Gasteiger partial charge in [-0.3, -0.25) is 0 Å². The molecule has 0 bridgehead atoms. The first kappa shape index (κ1) is 11.3. The monoisotopic (exact) mass is 257 g/mol. The highest BCUT2D eigenvalue weighted by Crippen LogP contribution is 2.39. The van der Waals surface area contributed by atoms with Gasteiger partial charge in [-0.1, -0.05) is 0 Å². The molecular formula is C14H19N5. The predicted molar refractivity (Wildman–Crippen MR) is 72.2 cm³/mol. The molecule has 19 heavy (non-hydrogen) atoms. The van der Waals surface area contributed by atoms with Crippen molar-refractivity contribution in [1.82, 2.24) is 24.7 Å². The summed E-state index contributed by atoms with van der Waals surface area (Å²) in [5.41, 5.74) is 2.10. The molecule has 0 unspecified atom stereocenters. The minimum Gasteiger partial charge on any atom is -0.306 e. The van der Waals surface area contributed by atoms with Gasteiger partial charge < -0.3 is 4.90 Å². The van der Waals surface area contributed by atoms with Crippen molar-refractivity contribution in [2.45, 2.75) is 37.5 Å². The van der Waals surface area contributed by atoms with E-state index >= 15 is 0 Å². The minimum absolute atomic E-state index is 0.508. The van der Waals surface area contributed by atoms with Gasteiger partial charge in [-0.2, -0.15) is 9.61 Å². The molecule has 100 valence electrons. The fourth-order valence-electron chi connectivity index (χ4n) is 2.94. The second-order valence-corrected chi connectivity index (χ2v) is 5.94. The fraction of sp³-hybridized carbons (Fsp3) is 0.643. The highest BCUT2D eigenvalue weighted by Gasteiger charge is 2.27. The zero-order chi connectivity index (χ0) is 12.8. The van der Waals surface area contributed by atoms with E-state index in [0.29, 0.717) is 11.8 Å². The van der Waals surface area contributed by atoms with E-state index in [1.807, 2.05) is 4.52 Å². The van der Waals surface area contributed by atoms with Crippen molar-refractivity contribution in [3.63, 3.8) is 0 Å².